The van der Waals surface area contributed by atoms with Gasteiger partial charge in [0.15, 0.2) is 5.13 Å². The third kappa shape index (κ3) is 4.83. The number of anilines is 2. The van der Waals surface area contributed by atoms with Crippen LogP contribution in [0.3, 0.4) is 0 Å². The van der Waals surface area contributed by atoms with Crippen LogP contribution in [-0.2, 0) is 23.2 Å². The van der Waals surface area contributed by atoms with Gasteiger partial charge in [0.1, 0.15) is 6.61 Å². The fraction of sp³-hybridized carbons (Fsp3) is 0.250. The molecule has 3 aromatic rings. The number of carbonyl (C=O) groups is 1. The SMILES string of the molecule is Cc1ccc(Nc2nc(COC(=O)/C=C/c3c(C)nn(C)c3C)cs2)cc1. The average Bonchev–Trinajstić information content (AvgIpc) is 3.18. The summed E-state index contributed by atoms with van der Waals surface area (Å²) in [6.07, 6.45) is 3.17. The second-order valence-corrected chi connectivity index (χ2v) is 7.14. The van der Waals surface area contributed by atoms with E-state index in [0.29, 0.717) is 5.69 Å². The number of aromatic nitrogens is 3. The van der Waals surface area contributed by atoms with Gasteiger partial charge in [-0.3, -0.25) is 4.68 Å². The summed E-state index contributed by atoms with van der Waals surface area (Å²) in [6.45, 7) is 6.06. The van der Waals surface area contributed by atoms with E-state index in [4.69, 9.17) is 4.74 Å². The Balaban J connectivity index is 1.54. The Morgan fingerprint density at radius 3 is 2.67 bits per heavy atom. The van der Waals surface area contributed by atoms with Crippen LogP contribution in [0.15, 0.2) is 35.7 Å². The molecule has 2 aromatic heterocycles. The number of esters is 1. The van der Waals surface area contributed by atoms with Crippen LogP contribution in [0.25, 0.3) is 6.08 Å². The third-order valence-corrected chi connectivity index (χ3v) is 4.97. The monoisotopic (exact) mass is 382 g/mol. The van der Waals surface area contributed by atoms with Crippen LogP contribution >= 0.6 is 11.3 Å². The van der Waals surface area contributed by atoms with Crippen molar-refractivity contribution in [3.8, 4) is 0 Å². The maximum atomic E-state index is 12.0. The second kappa shape index (κ2) is 8.18. The van der Waals surface area contributed by atoms with Crippen molar-refractivity contribution in [2.45, 2.75) is 27.4 Å². The van der Waals surface area contributed by atoms with E-state index in [0.717, 1.165) is 27.8 Å². The van der Waals surface area contributed by atoms with Crippen molar-refractivity contribution in [1.82, 2.24) is 14.8 Å². The number of carbonyl (C=O) groups excluding carboxylic acids is 1. The molecule has 0 amide bonds. The number of ether oxygens (including phenoxy) is 1. The summed E-state index contributed by atoms with van der Waals surface area (Å²) >= 11 is 1.47. The zero-order valence-electron chi connectivity index (χ0n) is 15.8. The van der Waals surface area contributed by atoms with Gasteiger partial charge in [0.05, 0.1) is 11.4 Å². The molecule has 0 aliphatic rings. The maximum absolute atomic E-state index is 12.0. The lowest BCUT2D eigenvalue weighted by Gasteiger charge is -2.02. The number of aryl methyl sites for hydroxylation is 3. The van der Waals surface area contributed by atoms with Gasteiger partial charge in [-0.2, -0.15) is 5.10 Å². The quantitative estimate of drug-likeness (QED) is 0.508. The molecule has 0 unspecified atom stereocenters. The van der Waals surface area contributed by atoms with Crippen molar-refractivity contribution < 1.29 is 9.53 Å². The van der Waals surface area contributed by atoms with Crippen LogP contribution in [0.4, 0.5) is 10.8 Å². The summed E-state index contributed by atoms with van der Waals surface area (Å²) < 4.78 is 7.07. The summed E-state index contributed by atoms with van der Waals surface area (Å²) in [4.78, 5) is 16.4. The summed E-state index contributed by atoms with van der Waals surface area (Å²) in [6, 6.07) is 8.08. The van der Waals surface area contributed by atoms with Crippen LogP contribution < -0.4 is 5.32 Å². The van der Waals surface area contributed by atoms with Gasteiger partial charge in [0.25, 0.3) is 0 Å². The third-order valence-electron chi connectivity index (χ3n) is 4.17. The first-order chi connectivity index (χ1) is 12.9. The number of nitrogens with one attached hydrogen (secondary N) is 1. The summed E-state index contributed by atoms with van der Waals surface area (Å²) in [5.74, 6) is -0.404. The van der Waals surface area contributed by atoms with E-state index in [1.165, 1.54) is 23.0 Å². The maximum Gasteiger partial charge on any atom is 0.331 e. The largest absolute Gasteiger partial charge is 0.456 e. The first kappa shape index (κ1) is 18.8. The minimum Gasteiger partial charge on any atom is -0.456 e. The van der Waals surface area contributed by atoms with E-state index >= 15 is 0 Å². The van der Waals surface area contributed by atoms with E-state index in [1.807, 2.05) is 57.5 Å². The van der Waals surface area contributed by atoms with Gasteiger partial charge in [-0.15, -0.1) is 11.3 Å². The van der Waals surface area contributed by atoms with Crippen LogP contribution in [0.2, 0.25) is 0 Å². The van der Waals surface area contributed by atoms with Gasteiger partial charge in [-0.05, 0) is 39.0 Å². The minimum atomic E-state index is -0.404. The second-order valence-electron chi connectivity index (χ2n) is 6.28. The highest BCUT2D eigenvalue weighted by Crippen LogP contribution is 2.21. The van der Waals surface area contributed by atoms with Gasteiger partial charge >= 0.3 is 5.97 Å². The molecule has 0 spiro atoms. The number of nitrogens with zero attached hydrogens (tertiary/aromatic N) is 3. The molecule has 0 aliphatic heterocycles. The highest BCUT2D eigenvalue weighted by Gasteiger charge is 2.08. The highest BCUT2D eigenvalue weighted by atomic mass is 32.1. The Kier molecular flexibility index (Phi) is 5.71. The Bertz CT molecular complexity index is 971. The normalized spacial score (nSPS) is 11.1. The Morgan fingerprint density at radius 1 is 1.26 bits per heavy atom. The van der Waals surface area contributed by atoms with Gasteiger partial charge in [-0.1, -0.05) is 17.7 Å². The molecule has 27 heavy (non-hydrogen) atoms. The van der Waals surface area contributed by atoms with Crippen molar-refractivity contribution in [2.75, 3.05) is 5.32 Å². The van der Waals surface area contributed by atoms with Crippen molar-refractivity contribution in [3.05, 3.63) is 63.9 Å². The molecule has 3 rings (SSSR count). The van der Waals surface area contributed by atoms with E-state index in [1.54, 1.807) is 10.8 Å². The highest BCUT2D eigenvalue weighted by molar-refractivity contribution is 7.13. The smallest absolute Gasteiger partial charge is 0.331 e. The molecule has 0 bridgehead atoms. The predicted molar refractivity (Wildman–Crippen MR) is 108 cm³/mol. The molecule has 140 valence electrons. The van der Waals surface area contributed by atoms with Gasteiger partial charge in [0, 0.05) is 35.4 Å². The van der Waals surface area contributed by atoms with E-state index in [2.05, 4.69) is 15.4 Å². The Labute approximate surface area is 162 Å². The molecule has 0 aliphatic carbocycles. The molecular weight excluding hydrogens is 360 g/mol. The fourth-order valence-electron chi connectivity index (χ4n) is 2.57. The average molecular weight is 382 g/mol. The van der Waals surface area contributed by atoms with Gasteiger partial charge in [-0.25, -0.2) is 9.78 Å². The molecule has 0 saturated heterocycles. The van der Waals surface area contributed by atoms with Crippen LogP contribution in [0.1, 0.15) is 28.2 Å². The molecule has 0 radical (unpaired) electrons. The van der Waals surface area contributed by atoms with Crippen molar-refractivity contribution >= 4 is 34.2 Å². The molecule has 7 heteroatoms. The van der Waals surface area contributed by atoms with E-state index < -0.39 is 5.97 Å². The molecule has 2 heterocycles. The minimum absolute atomic E-state index is 0.139. The topological polar surface area (TPSA) is 69.0 Å². The fourth-order valence-corrected chi connectivity index (χ4v) is 3.28. The number of rotatable bonds is 6. The molecule has 0 saturated carbocycles. The van der Waals surface area contributed by atoms with Crippen molar-refractivity contribution in [1.29, 1.82) is 0 Å². The van der Waals surface area contributed by atoms with Crippen LogP contribution in [0, 0.1) is 20.8 Å². The van der Waals surface area contributed by atoms with Crippen molar-refractivity contribution in [3.63, 3.8) is 0 Å². The summed E-state index contributed by atoms with van der Waals surface area (Å²) in [7, 11) is 1.88. The van der Waals surface area contributed by atoms with E-state index in [9.17, 15) is 4.79 Å². The Hall–Kier alpha value is -2.93. The molecule has 6 nitrogen and oxygen atoms in total. The molecule has 1 N–H and O–H groups in total. The number of benzene rings is 1. The Morgan fingerprint density at radius 2 is 2.00 bits per heavy atom. The molecular formula is C20H22N4O2S. The van der Waals surface area contributed by atoms with E-state index in [-0.39, 0.29) is 6.61 Å². The van der Waals surface area contributed by atoms with Crippen LogP contribution in [-0.4, -0.2) is 20.7 Å². The predicted octanol–water partition coefficient (Wildman–Crippen LogP) is 4.30. The standard InChI is InChI=1S/C20H22N4O2S/c1-13-5-7-16(8-6-13)21-20-22-17(12-27-20)11-26-19(25)10-9-18-14(2)23-24(4)15(18)3/h5-10,12H,11H2,1-4H3,(H,21,22)/b10-9+. The lowest BCUT2D eigenvalue weighted by Crippen LogP contribution is -2.01. The zero-order chi connectivity index (χ0) is 19.4. The number of thiazole rings is 1. The first-order valence-electron chi connectivity index (χ1n) is 8.55. The van der Waals surface area contributed by atoms with Gasteiger partial charge < -0.3 is 10.1 Å². The van der Waals surface area contributed by atoms with Gasteiger partial charge in [0.2, 0.25) is 0 Å². The first-order valence-corrected chi connectivity index (χ1v) is 9.43. The summed E-state index contributed by atoms with van der Waals surface area (Å²) in [5, 5.41) is 10.2. The van der Waals surface area contributed by atoms with Crippen LogP contribution in [0.5, 0.6) is 0 Å². The molecule has 0 fully saturated rings. The lowest BCUT2D eigenvalue weighted by molar-refractivity contribution is -0.139. The number of hydrogen-bond acceptors (Lipinski definition) is 6. The van der Waals surface area contributed by atoms with Crippen molar-refractivity contribution in [2.24, 2.45) is 7.05 Å². The molecule has 1 aromatic carbocycles. The summed E-state index contributed by atoms with van der Waals surface area (Å²) in [5.41, 5.74) is 5.71. The zero-order valence-corrected chi connectivity index (χ0v) is 16.6. The molecule has 0 atom stereocenters. The lowest BCUT2D eigenvalue weighted by atomic mass is 10.2. The number of hydrogen-bond donors (Lipinski definition) is 1.